The molecule has 25 heavy (non-hydrogen) atoms. The second kappa shape index (κ2) is 8.00. The first-order valence-corrected chi connectivity index (χ1v) is 9.81. The first-order chi connectivity index (χ1) is 12.0. The fraction of sp³-hybridized carbons (Fsp3) is 0.500. The molecule has 4 nitrogen and oxygen atoms in total. The highest BCUT2D eigenvalue weighted by Gasteiger charge is 2.25. The van der Waals surface area contributed by atoms with Crippen LogP contribution in [0.25, 0.3) is 0 Å². The van der Waals surface area contributed by atoms with Crippen LogP contribution in [0.1, 0.15) is 58.5 Å². The zero-order chi connectivity index (χ0) is 17.8. The third kappa shape index (κ3) is 4.60. The van der Waals surface area contributed by atoms with Crippen LogP contribution in [0.3, 0.4) is 0 Å². The molecule has 1 aliphatic rings. The molecule has 1 aromatic carbocycles. The van der Waals surface area contributed by atoms with Gasteiger partial charge in [0, 0.05) is 6.04 Å². The van der Waals surface area contributed by atoms with E-state index in [4.69, 9.17) is 4.74 Å². The number of thiazole rings is 1. The zero-order valence-electron chi connectivity index (χ0n) is 15.2. The Hall–Kier alpha value is -1.88. The summed E-state index contributed by atoms with van der Waals surface area (Å²) in [5.74, 6) is 1.38. The van der Waals surface area contributed by atoms with Crippen molar-refractivity contribution in [1.29, 1.82) is 0 Å². The normalized spacial score (nSPS) is 20.3. The van der Waals surface area contributed by atoms with Crippen LogP contribution in [0.15, 0.2) is 24.3 Å². The minimum absolute atomic E-state index is 0.00957. The van der Waals surface area contributed by atoms with Crippen molar-refractivity contribution in [1.82, 2.24) is 10.3 Å². The van der Waals surface area contributed by atoms with Crippen molar-refractivity contribution in [3.63, 3.8) is 0 Å². The smallest absolute Gasteiger partial charge is 0.263 e. The fourth-order valence-electron chi connectivity index (χ4n) is 3.27. The lowest BCUT2D eigenvalue weighted by molar-refractivity contribution is 0.0913. The summed E-state index contributed by atoms with van der Waals surface area (Å²) in [5.41, 5.74) is 1.99. The molecule has 2 aromatic rings. The second-order valence-electron chi connectivity index (χ2n) is 6.97. The van der Waals surface area contributed by atoms with Gasteiger partial charge in [0.1, 0.15) is 22.2 Å². The van der Waals surface area contributed by atoms with Crippen molar-refractivity contribution in [2.24, 2.45) is 5.92 Å². The Bertz CT molecular complexity index is 724. The number of nitrogens with one attached hydrogen (secondary N) is 1. The van der Waals surface area contributed by atoms with Gasteiger partial charge >= 0.3 is 0 Å². The van der Waals surface area contributed by atoms with Crippen LogP contribution in [0, 0.1) is 19.8 Å². The predicted molar refractivity (Wildman–Crippen MR) is 101 cm³/mol. The monoisotopic (exact) mass is 358 g/mol. The molecule has 1 fully saturated rings. The molecule has 2 atom stereocenters. The van der Waals surface area contributed by atoms with Gasteiger partial charge in [0.15, 0.2) is 0 Å². The highest BCUT2D eigenvalue weighted by molar-refractivity contribution is 7.13. The van der Waals surface area contributed by atoms with Crippen molar-refractivity contribution in [2.45, 2.75) is 59.1 Å². The molecule has 1 saturated carbocycles. The molecule has 2 unspecified atom stereocenters. The molecule has 0 radical (unpaired) electrons. The van der Waals surface area contributed by atoms with E-state index in [0.29, 0.717) is 17.4 Å². The van der Waals surface area contributed by atoms with Crippen molar-refractivity contribution in [3.8, 4) is 5.75 Å². The maximum Gasteiger partial charge on any atom is 0.263 e. The number of carbonyl (C=O) groups is 1. The van der Waals surface area contributed by atoms with Crippen molar-refractivity contribution >= 4 is 17.2 Å². The molecule has 3 rings (SSSR count). The van der Waals surface area contributed by atoms with Crippen LogP contribution in [-0.2, 0) is 6.61 Å². The van der Waals surface area contributed by atoms with Crippen LogP contribution in [-0.4, -0.2) is 16.9 Å². The average Bonchev–Trinajstić information content (AvgIpc) is 2.97. The van der Waals surface area contributed by atoms with E-state index in [2.05, 4.69) is 17.2 Å². The Balaban J connectivity index is 1.61. The second-order valence-corrected chi connectivity index (χ2v) is 8.05. The maximum absolute atomic E-state index is 12.6. The molecule has 0 saturated heterocycles. The molecule has 5 heteroatoms. The van der Waals surface area contributed by atoms with Gasteiger partial charge in [-0.2, -0.15) is 0 Å². The van der Waals surface area contributed by atoms with Gasteiger partial charge in [-0.1, -0.05) is 37.5 Å². The van der Waals surface area contributed by atoms with Gasteiger partial charge in [-0.3, -0.25) is 4.79 Å². The topological polar surface area (TPSA) is 51.2 Å². The van der Waals surface area contributed by atoms with Crippen molar-refractivity contribution in [2.75, 3.05) is 0 Å². The van der Waals surface area contributed by atoms with Crippen LogP contribution in [0.2, 0.25) is 0 Å². The van der Waals surface area contributed by atoms with Gasteiger partial charge in [-0.15, -0.1) is 11.3 Å². The summed E-state index contributed by atoms with van der Waals surface area (Å²) in [6.45, 7) is 6.56. The molecular formula is C20H26N2O2S. The van der Waals surface area contributed by atoms with Gasteiger partial charge in [0.25, 0.3) is 5.91 Å². The SMILES string of the molecule is Cc1ccc(OCc2nc(C)c(C(=O)NC3CCCCC3C)s2)cc1. The number of ether oxygens (including phenoxy) is 1. The van der Waals surface area contributed by atoms with E-state index >= 15 is 0 Å². The van der Waals surface area contributed by atoms with Gasteiger partial charge in [0.05, 0.1) is 5.69 Å². The van der Waals surface area contributed by atoms with Crippen molar-refractivity contribution in [3.05, 3.63) is 45.4 Å². The third-order valence-electron chi connectivity index (χ3n) is 4.86. The Labute approximate surface area is 153 Å². The Morgan fingerprint density at radius 2 is 1.96 bits per heavy atom. The van der Waals surface area contributed by atoms with E-state index in [1.165, 1.54) is 36.2 Å². The van der Waals surface area contributed by atoms with E-state index in [9.17, 15) is 4.79 Å². The lowest BCUT2D eigenvalue weighted by atomic mass is 9.86. The molecule has 1 aliphatic carbocycles. The minimum Gasteiger partial charge on any atom is -0.486 e. The summed E-state index contributed by atoms with van der Waals surface area (Å²) >= 11 is 1.43. The summed E-state index contributed by atoms with van der Waals surface area (Å²) in [5, 5.41) is 4.04. The number of nitrogens with zero attached hydrogens (tertiary/aromatic N) is 1. The molecule has 1 amide bonds. The number of aromatic nitrogens is 1. The quantitative estimate of drug-likeness (QED) is 0.846. The first-order valence-electron chi connectivity index (χ1n) is 8.99. The number of hydrogen-bond acceptors (Lipinski definition) is 4. The highest BCUT2D eigenvalue weighted by atomic mass is 32.1. The number of hydrogen-bond donors (Lipinski definition) is 1. The predicted octanol–water partition coefficient (Wildman–Crippen LogP) is 4.65. The lowest BCUT2D eigenvalue weighted by Crippen LogP contribution is -2.40. The van der Waals surface area contributed by atoms with E-state index in [0.717, 1.165) is 22.9 Å². The molecule has 1 aromatic heterocycles. The number of benzene rings is 1. The Morgan fingerprint density at radius 1 is 1.24 bits per heavy atom. The molecule has 1 heterocycles. The summed E-state index contributed by atoms with van der Waals surface area (Å²) in [6.07, 6.45) is 4.75. The lowest BCUT2D eigenvalue weighted by Gasteiger charge is -2.29. The van der Waals surface area contributed by atoms with Gasteiger partial charge in [0.2, 0.25) is 0 Å². The highest BCUT2D eigenvalue weighted by Crippen LogP contribution is 2.25. The zero-order valence-corrected chi connectivity index (χ0v) is 16.0. The van der Waals surface area contributed by atoms with Gasteiger partial charge in [-0.05, 0) is 44.7 Å². The average molecular weight is 359 g/mol. The third-order valence-corrected chi connectivity index (χ3v) is 5.99. The minimum atomic E-state index is 0.00957. The molecule has 1 N–H and O–H groups in total. The molecule has 134 valence electrons. The molecular weight excluding hydrogens is 332 g/mol. The van der Waals surface area contributed by atoms with Crippen LogP contribution in [0.5, 0.6) is 5.75 Å². The summed E-state index contributed by atoms with van der Waals surface area (Å²) in [4.78, 5) is 17.8. The maximum atomic E-state index is 12.6. The molecule has 0 aliphatic heterocycles. The largest absolute Gasteiger partial charge is 0.486 e. The Kier molecular flexibility index (Phi) is 5.74. The molecule has 0 spiro atoms. The summed E-state index contributed by atoms with van der Waals surface area (Å²) in [6, 6.07) is 8.23. The number of rotatable bonds is 5. The van der Waals surface area contributed by atoms with E-state index < -0.39 is 0 Å². The number of amides is 1. The van der Waals surface area contributed by atoms with Gasteiger partial charge < -0.3 is 10.1 Å². The summed E-state index contributed by atoms with van der Waals surface area (Å²) < 4.78 is 5.78. The van der Waals surface area contributed by atoms with E-state index in [-0.39, 0.29) is 11.9 Å². The first kappa shape index (κ1) is 17.9. The number of carbonyl (C=O) groups excluding carboxylic acids is 1. The Morgan fingerprint density at radius 3 is 2.68 bits per heavy atom. The fourth-order valence-corrected chi connectivity index (χ4v) is 4.15. The van der Waals surface area contributed by atoms with E-state index in [1.54, 1.807) is 0 Å². The van der Waals surface area contributed by atoms with E-state index in [1.807, 2.05) is 38.1 Å². The van der Waals surface area contributed by atoms with Crippen LogP contribution in [0.4, 0.5) is 0 Å². The summed E-state index contributed by atoms with van der Waals surface area (Å²) in [7, 11) is 0. The van der Waals surface area contributed by atoms with Gasteiger partial charge in [-0.25, -0.2) is 4.98 Å². The molecule has 0 bridgehead atoms. The van der Waals surface area contributed by atoms with Crippen LogP contribution >= 0.6 is 11.3 Å². The standard InChI is InChI=1S/C20H26N2O2S/c1-13-8-10-16(11-9-13)24-12-18-21-15(3)19(25-18)20(23)22-17-7-5-4-6-14(17)2/h8-11,14,17H,4-7,12H2,1-3H3,(H,22,23). The van der Waals surface area contributed by atoms with Crippen molar-refractivity contribution < 1.29 is 9.53 Å². The number of aryl methyl sites for hydroxylation is 2. The van der Waals surface area contributed by atoms with Crippen LogP contribution < -0.4 is 10.1 Å².